The summed E-state index contributed by atoms with van der Waals surface area (Å²) in [5.41, 5.74) is 2.14. The van der Waals surface area contributed by atoms with Gasteiger partial charge in [0.25, 0.3) is 0 Å². The van der Waals surface area contributed by atoms with Crippen molar-refractivity contribution in [1.82, 2.24) is 0 Å². The minimum absolute atomic E-state index is 0.160. The molecule has 0 saturated heterocycles. The molecule has 0 fully saturated rings. The molecule has 1 aromatic heterocycles. The zero-order valence-corrected chi connectivity index (χ0v) is 13.7. The normalized spacial score (nSPS) is 11.9. The van der Waals surface area contributed by atoms with Crippen LogP contribution in [0.1, 0.15) is 46.6 Å². The minimum Gasteiger partial charge on any atom is -0.422 e. The predicted octanol–water partition coefficient (Wildman–Crippen LogP) is 4.33. The average molecular weight is 287 g/mol. The van der Waals surface area contributed by atoms with E-state index in [2.05, 4.69) is 45.6 Å². The first kappa shape index (κ1) is 15.6. The summed E-state index contributed by atoms with van der Waals surface area (Å²) in [7, 11) is 0. The van der Waals surface area contributed by atoms with E-state index in [-0.39, 0.29) is 11.0 Å². The van der Waals surface area contributed by atoms with Crippen molar-refractivity contribution in [2.75, 3.05) is 18.0 Å². The van der Waals surface area contributed by atoms with Gasteiger partial charge in [-0.25, -0.2) is 4.79 Å². The molecule has 0 aliphatic heterocycles. The lowest BCUT2D eigenvalue weighted by Gasteiger charge is -2.23. The lowest BCUT2D eigenvalue weighted by molar-refractivity contribution is 0.462. The maximum atomic E-state index is 12.3. The maximum Gasteiger partial charge on any atom is 0.340 e. The molecule has 0 saturated carbocycles. The van der Waals surface area contributed by atoms with Crippen molar-refractivity contribution in [1.29, 1.82) is 0 Å². The van der Waals surface area contributed by atoms with E-state index in [1.807, 2.05) is 18.2 Å². The monoisotopic (exact) mass is 287 g/mol. The summed E-state index contributed by atoms with van der Waals surface area (Å²) in [4.78, 5) is 14.5. The lowest BCUT2D eigenvalue weighted by Crippen LogP contribution is -2.24. The van der Waals surface area contributed by atoms with Gasteiger partial charge in [0, 0.05) is 35.8 Å². The number of rotatable bonds is 5. The number of benzene rings is 1. The molecule has 0 bridgehead atoms. The highest BCUT2D eigenvalue weighted by molar-refractivity contribution is 5.81. The Morgan fingerprint density at radius 1 is 1.10 bits per heavy atom. The molecule has 0 spiro atoms. The highest BCUT2D eigenvalue weighted by atomic mass is 16.4. The molecule has 0 radical (unpaired) electrons. The van der Waals surface area contributed by atoms with Gasteiger partial charge in [-0.1, -0.05) is 20.8 Å². The lowest BCUT2D eigenvalue weighted by atomic mass is 9.83. The van der Waals surface area contributed by atoms with Crippen molar-refractivity contribution < 1.29 is 4.42 Å². The van der Waals surface area contributed by atoms with Crippen LogP contribution in [0, 0.1) is 0 Å². The molecule has 0 aliphatic carbocycles. The third-order valence-corrected chi connectivity index (χ3v) is 4.46. The Labute approximate surface area is 126 Å². The third kappa shape index (κ3) is 2.97. The molecule has 0 amide bonds. The molecule has 3 heteroatoms. The predicted molar refractivity (Wildman–Crippen MR) is 89.4 cm³/mol. The van der Waals surface area contributed by atoms with Crippen LogP contribution in [0.15, 0.2) is 33.5 Å². The van der Waals surface area contributed by atoms with Gasteiger partial charge in [-0.05, 0) is 43.9 Å². The molecule has 0 unspecified atom stereocenters. The number of hydrogen-bond donors (Lipinski definition) is 0. The second-order valence-corrected chi connectivity index (χ2v) is 6.08. The van der Waals surface area contributed by atoms with Gasteiger partial charge in [-0.2, -0.15) is 0 Å². The Balaban J connectivity index is 2.57. The summed E-state index contributed by atoms with van der Waals surface area (Å²) in [6, 6.07) is 8.09. The summed E-state index contributed by atoms with van der Waals surface area (Å²) in [6.45, 7) is 12.4. The Hall–Kier alpha value is -1.77. The van der Waals surface area contributed by atoms with Crippen LogP contribution < -0.4 is 10.5 Å². The van der Waals surface area contributed by atoms with E-state index in [1.54, 1.807) is 0 Å². The molecule has 1 heterocycles. The number of hydrogen-bond acceptors (Lipinski definition) is 3. The van der Waals surface area contributed by atoms with E-state index in [0.717, 1.165) is 36.1 Å². The van der Waals surface area contributed by atoms with Crippen molar-refractivity contribution >= 4 is 16.7 Å². The van der Waals surface area contributed by atoms with E-state index in [0.29, 0.717) is 5.58 Å². The summed E-state index contributed by atoms with van der Waals surface area (Å²) < 4.78 is 5.58. The van der Waals surface area contributed by atoms with Gasteiger partial charge in [0.05, 0.1) is 0 Å². The highest BCUT2D eigenvalue weighted by Gasteiger charge is 2.23. The summed E-state index contributed by atoms with van der Waals surface area (Å²) in [5, 5.41) is 0.988. The molecule has 2 aromatic rings. The number of nitrogens with zero attached hydrogens (tertiary/aromatic N) is 1. The smallest absolute Gasteiger partial charge is 0.340 e. The molecule has 0 N–H and O–H groups in total. The maximum absolute atomic E-state index is 12.3. The largest absolute Gasteiger partial charge is 0.422 e. The van der Waals surface area contributed by atoms with Crippen LogP contribution in [0.4, 0.5) is 5.69 Å². The molecule has 3 nitrogen and oxygen atoms in total. The first-order valence-electron chi connectivity index (χ1n) is 7.76. The van der Waals surface area contributed by atoms with Gasteiger partial charge in [0.1, 0.15) is 5.58 Å². The fourth-order valence-corrected chi connectivity index (χ4v) is 2.55. The zero-order chi connectivity index (χ0) is 15.6. The van der Waals surface area contributed by atoms with E-state index < -0.39 is 0 Å². The average Bonchev–Trinajstić information content (AvgIpc) is 2.47. The van der Waals surface area contributed by atoms with Gasteiger partial charge < -0.3 is 9.32 Å². The fourth-order valence-electron chi connectivity index (χ4n) is 2.55. The van der Waals surface area contributed by atoms with E-state index >= 15 is 0 Å². The van der Waals surface area contributed by atoms with Gasteiger partial charge >= 0.3 is 5.63 Å². The molecule has 0 aliphatic rings. The van der Waals surface area contributed by atoms with Crippen LogP contribution in [0.3, 0.4) is 0 Å². The quantitative estimate of drug-likeness (QED) is 0.768. The summed E-state index contributed by atoms with van der Waals surface area (Å²) in [5.74, 6) is 0. The van der Waals surface area contributed by atoms with Crippen LogP contribution in [-0.2, 0) is 5.41 Å². The van der Waals surface area contributed by atoms with E-state index in [4.69, 9.17) is 4.42 Å². The van der Waals surface area contributed by atoms with Crippen LogP contribution in [0.25, 0.3) is 11.0 Å². The van der Waals surface area contributed by atoms with Gasteiger partial charge in [-0.15, -0.1) is 0 Å². The summed E-state index contributed by atoms with van der Waals surface area (Å²) >= 11 is 0. The van der Waals surface area contributed by atoms with Crippen molar-refractivity contribution in [2.45, 2.75) is 46.5 Å². The van der Waals surface area contributed by atoms with Crippen molar-refractivity contribution in [3.63, 3.8) is 0 Å². The summed E-state index contributed by atoms with van der Waals surface area (Å²) in [6.07, 6.45) is 0.904. The SMILES string of the molecule is CCN(CC)c1ccc2cc(C(C)(C)CC)c(=O)oc2c1. The zero-order valence-electron chi connectivity index (χ0n) is 13.7. The topological polar surface area (TPSA) is 33.5 Å². The molecule has 21 heavy (non-hydrogen) atoms. The Kier molecular flexibility index (Phi) is 4.40. The van der Waals surface area contributed by atoms with Gasteiger partial charge in [0.2, 0.25) is 0 Å². The molecule has 2 rings (SSSR count). The number of anilines is 1. The van der Waals surface area contributed by atoms with E-state index in [9.17, 15) is 4.79 Å². The minimum atomic E-state index is -0.217. The molecular weight excluding hydrogens is 262 g/mol. The Morgan fingerprint density at radius 3 is 2.33 bits per heavy atom. The molecule has 1 aromatic carbocycles. The second kappa shape index (κ2) is 5.92. The fraction of sp³-hybridized carbons (Fsp3) is 0.500. The van der Waals surface area contributed by atoms with Crippen LogP contribution in [-0.4, -0.2) is 13.1 Å². The first-order valence-corrected chi connectivity index (χ1v) is 7.76. The van der Waals surface area contributed by atoms with Crippen molar-refractivity contribution in [2.24, 2.45) is 0 Å². The van der Waals surface area contributed by atoms with E-state index in [1.165, 1.54) is 0 Å². The van der Waals surface area contributed by atoms with Crippen molar-refractivity contribution in [3.05, 3.63) is 40.2 Å². The first-order chi connectivity index (χ1) is 9.92. The second-order valence-electron chi connectivity index (χ2n) is 6.08. The standard InChI is InChI=1S/C18H25NO2/c1-6-18(4,5)15-11-13-9-10-14(19(7-2)8-3)12-16(13)21-17(15)20/h9-12H,6-8H2,1-5H3. The van der Waals surface area contributed by atoms with Crippen molar-refractivity contribution in [3.8, 4) is 0 Å². The van der Waals surface area contributed by atoms with Gasteiger partial charge in [-0.3, -0.25) is 0 Å². The van der Waals surface area contributed by atoms with Crippen LogP contribution in [0.2, 0.25) is 0 Å². The third-order valence-electron chi connectivity index (χ3n) is 4.46. The van der Waals surface area contributed by atoms with Crippen LogP contribution >= 0.6 is 0 Å². The Bertz CT molecular complexity index is 681. The van der Waals surface area contributed by atoms with Crippen LogP contribution in [0.5, 0.6) is 0 Å². The highest BCUT2D eigenvalue weighted by Crippen LogP contribution is 2.28. The molecule has 114 valence electrons. The molecular formula is C18H25NO2. The Morgan fingerprint density at radius 2 is 1.76 bits per heavy atom. The molecule has 0 atom stereocenters. The van der Waals surface area contributed by atoms with Gasteiger partial charge in [0.15, 0.2) is 0 Å². The number of fused-ring (bicyclic) bond motifs is 1.